The van der Waals surface area contributed by atoms with Crippen molar-refractivity contribution < 1.29 is 4.74 Å². The highest BCUT2D eigenvalue weighted by Gasteiger charge is 2.02. The molecule has 0 radical (unpaired) electrons. The number of thiophene rings is 1. The first kappa shape index (κ1) is 12.7. The minimum atomic E-state index is 0.332. The van der Waals surface area contributed by atoms with Crippen LogP contribution in [0.4, 0.5) is 0 Å². The van der Waals surface area contributed by atoms with Gasteiger partial charge in [-0.15, -0.1) is 0 Å². The van der Waals surface area contributed by atoms with Crippen LogP contribution in [0.2, 0.25) is 0 Å². The van der Waals surface area contributed by atoms with Gasteiger partial charge in [0.05, 0.1) is 12.7 Å². The molecular weight excluding hydrogens is 206 g/mol. The van der Waals surface area contributed by atoms with Gasteiger partial charge in [0.1, 0.15) is 0 Å². The minimum Gasteiger partial charge on any atom is -0.377 e. The van der Waals surface area contributed by atoms with Crippen molar-refractivity contribution in [1.82, 2.24) is 5.32 Å². The molecule has 15 heavy (non-hydrogen) atoms. The fourth-order valence-electron chi connectivity index (χ4n) is 1.43. The highest BCUT2D eigenvalue weighted by molar-refractivity contribution is 7.07. The molecule has 2 nitrogen and oxygen atoms in total. The summed E-state index contributed by atoms with van der Waals surface area (Å²) in [4.78, 5) is 0. The number of hydrogen-bond acceptors (Lipinski definition) is 3. The maximum Gasteiger partial charge on any atom is 0.0594 e. The monoisotopic (exact) mass is 227 g/mol. The summed E-state index contributed by atoms with van der Waals surface area (Å²) in [5.74, 6) is 0. The van der Waals surface area contributed by atoms with Gasteiger partial charge in [0.2, 0.25) is 0 Å². The normalized spacial score (nSPS) is 13.3. The minimum absolute atomic E-state index is 0.332. The summed E-state index contributed by atoms with van der Waals surface area (Å²) < 4.78 is 5.47. The molecule has 1 N–H and O–H groups in total. The molecule has 1 heterocycles. The second-order valence-electron chi connectivity index (χ2n) is 4.11. The van der Waals surface area contributed by atoms with Gasteiger partial charge in [-0.25, -0.2) is 0 Å². The molecule has 3 heteroatoms. The van der Waals surface area contributed by atoms with Crippen LogP contribution in [0.1, 0.15) is 26.3 Å². The number of rotatable bonds is 7. The second-order valence-corrected chi connectivity index (χ2v) is 4.89. The third-order valence-corrected chi connectivity index (χ3v) is 2.90. The Bertz CT molecular complexity index is 246. The molecule has 0 aliphatic carbocycles. The predicted octanol–water partition coefficient (Wildman–Crippen LogP) is 2.69. The van der Waals surface area contributed by atoms with Crippen molar-refractivity contribution in [3.05, 3.63) is 22.4 Å². The fourth-order valence-corrected chi connectivity index (χ4v) is 2.12. The van der Waals surface area contributed by atoms with Crippen molar-refractivity contribution in [3.63, 3.8) is 0 Å². The van der Waals surface area contributed by atoms with Crippen LogP contribution in [0.15, 0.2) is 16.8 Å². The first-order valence-electron chi connectivity index (χ1n) is 5.54. The Morgan fingerprint density at radius 2 is 2.20 bits per heavy atom. The molecule has 0 fully saturated rings. The molecule has 86 valence electrons. The van der Waals surface area contributed by atoms with Gasteiger partial charge in [0.25, 0.3) is 0 Å². The smallest absolute Gasteiger partial charge is 0.0594 e. The highest BCUT2D eigenvalue weighted by Crippen LogP contribution is 2.08. The molecule has 0 bridgehead atoms. The summed E-state index contributed by atoms with van der Waals surface area (Å²) in [5.41, 5.74) is 1.42. The summed E-state index contributed by atoms with van der Waals surface area (Å²) in [6, 6.07) is 2.71. The molecule has 1 rings (SSSR count). The third kappa shape index (κ3) is 5.92. The lowest BCUT2D eigenvalue weighted by Crippen LogP contribution is -2.31. The van der Waals surface area contributed by atoms with E-state index in [4.69, 9.17) is 4.74 Å². The summed E-state index contributed by atoms with van der Waals surface area (Å²) in [6.45, 7) is 8.08. The van der Waals surface area contributed by atoms with Gasteiger partial charge < -0.3 is 10.1 Å². The van der Waals surface area contributed by atoms with Crippen LogP contribution < -0.4 is 5.32 Å². The average molecular weight is 227 g/mol. The molecule has 0 saturated heterocycles. The lowest BCUT2D eigenvalue weighted by molar-refractivity contribution is 0.0796. The Kier molecular flexibility index (Phi) is 5.91. The molecule has 1 atom stereocenters. The maximum atomic E-state index is 5.47. The SMILES string of the molecule is CC(Cc1ccsc1)NCCOC(C)C. The molecule has 0 spiro atoms. The molecule has 0 aliphatic rings. The Labute approximate surface area is 96.7 Å². The van der Waals surface area contributed by atoms with E-state index in [1.165, 1.54) is 5.56 Å². The van der Waals surface area contributed by atoms with E-state index in [-0.39, 0.29) is 0 Å². The van der Waals surface area contributed by atoms with Gasteiger partial charge in [-0.3, -0.25) is 0 Å². The molecule has 0 aromatic carbocycles. The van der Waals surface area contributed by atoms with Crippen LogP contribution >= 0.6 is 11.3 Å². The van der Waals surface area contributed by atoms with Crippen molar-refractivity contribution >= 4 is 11.3 Å². The first-order chi connectivity index (χ1) is 7.18. The van der Waals surface area contributed by atoms with E-state index >= 15 is 0 Å². The van der Waals surface area contributed by atoms with E-state index in [1.807, 2.05) is 0 Å². The summed E-state index contributed by atoms with van der Waals surface area (Å²) in [5, 5.41) is 7.80. The lowest BCUT2D eigenvalue weighted by atomic mass is 10.1. The second kappa shape index (κ2) is 6.99. The fraction of sp³-hybridized carbons (Fsp3) is 0.667. The van der Waals surface area contributed by atoms with E-state index in [0.717, 1.165) is 19.6 Å². The lowest BCUT2D eigenvalue weighted by Gasteiger charge is -2.14. The zero-order valence-corrected chi connectivity index (χ0v) is 10.6. The van der Waals surface area contributed by atoms with Crippen LogP contribution in [-0.4, -0.2) is 25.3 Å². The predicted molar refractivity (Wildman–Crippen MR) is 66.6 cm³/mol. The largest absolute Gasteiger partial charge is 0.377 e. The van der Waals surface area contributed by atoms with Crippen LogP contribution in [0, 0.1) is 0 Å². The van der Waals surface area contributed by atoms with Crippen LogP contribution in [0.3, 0.4) is 0 Å². The zero-order chi connectivity index (χ0) is 11.1. The van der Waals surface area contributed by atoms with E-state index in [9.17, 15) is 0 Å². The van der Waals surface area contributed by atoms with E-state index in [1.54, 1.807) is 11.3 Å². The van der Waals surface area contributed by atoms with E-state index in [0.29, 0.717) is 12.1 Å². The molecular formula is C12H21NOS. The molecule has 1 unspecified atom stereocenters. The topological polar surface area (TPSA) is 21.3 Å². The Morgan fingerprint density at radius 3 is 2.80 bits per heavy atom. The van der Waals surface area contributed by atoms with Crippen molar-refractivity contribution in [1.29, 1.82) is 0 Å². The number of nitrogens with one attached hydrogen (secondary N) is 1. The quantitative estimate of drug-likeness (QED) is 0.723. The summed E-state index contributed by atoms with van der Waals surface area (Å²) >= 11 is 1.76. The molecule has 1 aromatic rings. The molecule has 1 aromatic heterocycles. The summed E-state index contributed by atoms with van der Waals surface area (Å²) in [7, 11) is 0. The van der Waals surface area contributed by atoms with Crippen molar-refractivity contribution in [2.75, 3.05) is 13.2 Å². The third-order valence-electron chi connectivity index (χ3n) is 2.17. The Hall–Kier alpha value is -0.380. The molecule has 0 amide bonds. The Balaban J connectivity index is 2.06. The van der Waals surface area contributed by atoms with Gasteiger partial charge in [0.15, 0.2) is 0 Å². The summed E-state index contributed by atoms with van der Waals surface area (Å²) in [6.07, 6.45) is 1.43. The number of ether oxygens (including phenoxy) is 1. The average Bonchev–Trinajstić information content (AvgIpc) is 2.64. The van der Waals surface area contributed by atoms with Crippen LogP contribution in [0.5, 0.6) is 0 Å². The van der Waals surface area contributed by atoms with Crippen molar-refractivity contribution in [2.24, 2.45) is 0 Å². The van der Waals surface area contributed by atoms with Gasteiger partial charge in [-0.1, -0.05) is 0 Å². The van der Waals surface area contributed by atoms with Crippen LogP contribution in [-0.2, 0) is 11.2 Å². The van der Waals surface area contributed by atoms with Crippen molar-refractivity contribution in [3.8, 4) is 0 Å². The molecule has 0 aliphatic heterocycles. The van der Waals surface area contributed by atoms with Crippen LogP contribution in [0.25, 0.3) is 0 Å². The van der Waals surface area contributed by atoms with Crippen molar-refractivity contribution in [2.45, 2.75) is 39.3 Å². The van der Waals surface area contributed by atoms with Gasteiger partial charge in [-0.05, 0) is 49.6 Å². The number of hydrogen-bond donors (Lipinski definition) is 1. The molecule has 0 saturated carbocycles. The van der Waals surface area contributed by atoms with Gasteiger partial charge >= 0.3 is 0 Å². The van der Waals surface area contributed by atoms with Gasteiger partial charge in [0, 0.05) is 12.6 Å². The van der Waals surface area contributed by atoms with E-state index in [2.05, 4.69) is 42.9 Å². The zero-order valence-electron chi connectivity index (χ0n) is 9.82. The maximum absolute atomic E-state index is 5.47. The standard InChI is InChI=1S/C12H21NOS/c1-10(2)14-6-5-13-11(3)8-12-4-7-15-9-12/h4,7,9-11,13H,5-6,8H2,1-3H3. The van der Waals surface area contributed by atoms with Gasteiger partial charge in [-0.2, -0.15) is 11.3 Å². The van der Waals surface area contributed by atoms with E-state index < -0.39 is 0 Å². The highest BCUT2D eigenvalue weighted by atomic mass is 32.1. The Morgan fingerprint density at radius 1 is 1.40 bits per heavy atom. The first-order valence-corrected chi connectivity index (χ1v) is 6.49.